The smallest absolute Gasteiger partial charge is 0.156 e. The van der Waals surface area contributed by atoms with E-state index in [0.29, 0.717) is 0 Å². The van der Waals surface area contributed by atoms with Gasteiger partial charge in [-0.15, -0.1) is 0 Å². The standard InChI is InChI=1S/C50H37NO/c1-3-13-40(14-4-1)49-32-26-45(35-50(49)41-15-5-2-6-16-41)39-23-29-47(30-24-39)51(52-48-31-25-37-12-8-10-18-43(37)34-48)46-27-21-38(22-28-46)44-20-19-36-11-7-9-17-42(36)33-44/h2-3,5-35H,1,4H2. The molecule has 8 aromatic rings. The first-order valence-electron chi connectivity index (χ1n) is 18.0. The Hall–Kier alpha value is -6.64. The molecular formula is C50H37NO. The summed E-state index contributed by atoms with van der Waals surface area (Å²) < 4.78 is 0. The summed E-state index contributed by atoms with van der Waals surface area (Å²) in [6.45, 7) is 0. The van der Waals surface area contributed by atoms with Crippen molar-refractivity contribution in [2.24, 2.45) is 0 Å². The van der Waals surface area contributed by atoms with E-state index in [1.807, 2.05) is 11.1 Å². The van der Waals surface area contributed by atoms with Gasteiger partial charge in [-0.25, -0.2) is 0 Å². The highest BCUT2D eigenvalue weighted by molar-refractivity contribution is 5.90. The van der Waals surface area contributed by atoms with Crippen LogP contribution >= 0.6 is 0 Å². The van der Waals surface area contributed by atoms with Gasteiger partial charge in [-0.3, -0.25) is 0 Å². The average molecular weight is 668 g/mol. The molecule has 0 spiro atoms. The maximum absolute atomic E-state index is 6.72. The van der Waals surface area contributed by atoms with Crippen molar-refractivity contribution in [1.82, 2.24) is 0 Å². The van der Waals surface area contributed by atoms with Crippen LogP contribution in [0.25, 0.3) is 60.5 Å². The number of rotatable bonds is 8. The zero-order valence-electron chi connectivity index (χ0n) is 28.8. The lowest BCUT2D eigenvalue weighted by Crippen LogP contribution is -2.21. The lowest BCUT2D eigenvalue weighted by Gasteiger charge is -2.25. The summed E-state index contributed by atoms with van der Waals surface area (Å²) in [6, 6.07) is 64.6. The third kappa shape index (κ3) is 6.39. The van der Waals surface area contributed by atoms with Crippen LogP contribution < -0.4 is 9.90 Å². The maximum atomic E-state index is 6.72. The molecule has 0 saturated heterocycles. The largest absolute Gasteiger partial charge is 0.375 e. The molecule has 1 aliphatic carbocycles. The molecule has 0 aliphatic heterocycles. The minimum atomic E-state index is 0.774. The Balaban J connectivity index is 1.07. The molecule has 0 aromatic heterocycles. The number of hydrogen-bond donors (Lipinski definition) is 0. The van der Waals surface area contributed by atoms with E-state index in [1.165, 1.54) is 49.5 Å². The minimum Gasteiger partial charge on any atom is -0.375 e. The highest BCUT2D eigenvalue weighted by Crippen LogP contribution is 2.37. The van der Waals surface area contributed by atoms with Crippen LogP contribution in [0.4, 0.5) is 11.4 Å². The SMILES string of the molecule is C1=CC(c2ccc(-c3ccc(N(Oc4ccc5ccccc5c4)c4ccc(-c5ccc6ccccc6c5)cc4)cc3)cc2-c2ccccc2)=CCC1. The van der Waals surface area contributed by atoms with Crippen molar-refractivity contribution in [2.75, 3.05) is 5.06 Å². The second-order valence-corrected chi connectivity index (χ2v) is 13.3. The molecule has 0 N–H and O–H groups in total. The Bertz CT molecular complexity index is 2580. The molecule has 0 saturated carbocycles. The Morgan fingerprint density at radius 2 is 0.942 bits per heavy atom. The van der Waals surface area contributed by atoms with Gasteiger partial charge in [0.15, 0.2) is 5.75 Å². The highest BCUT2D eigenvalue weighted by Gasteiger charge is 2.16. The van der Waals surface area contributed by atoms with E-state index in [4.69, 9.17) is 4.84 Å². The van der Waals surface area contributed by atoms with E-state index in [9.17, 15) is 0 Å². The van der Waals surface area contributed by atoms with Crippen LogP contribution in [0, 0.1) is 0 Å². The van der Waals surface area contributed by atoms with Crippen LogP contribution in [0.1, 0.15) is 18.4 Å². The molecule has 0 bridgehead atoms. The Kier molecular flexibility index (Phi) is 8.40. The second kappa shape index (κ2) is 13.9. The van der Waals surface area contributed by atoms with Gasteiger partial charge in [0.25, 0.3) is 0 Å². The summed E-state index contributed by atoms with van der Waals surface area (Å²) in [5.41, 5.74) is 11.6. The van der Waals surface area contributed by atoms with Crippen LogP contribution in [0.5, 0.6) is 5.75 Å². The molecule has 8 aromatic carbocycles. The molecule has 0 atom stereocenters. The molecule has 0 heterocycles. The fourth-order valence-electron chi connectivity index (χ4n) is 7.18. The van der Waals surface area contributed by atoms with E-state index in [1.54, 1.807) is 0 Å². The molecule has 2 nitrogen and oxygen atoms in total. The predicted octanol–water partition coefficient (Wildman–Crippen LogP) is 13.9. The summed E-state index contributed by atoms with van der Waals surface area (Å²) in [4.78, 5) is 6.72. The number of benzene rings is 8. The van der Waals surface area contributed by atoms with E-state index < -0.39 is 0 Å². The summed E-state index contributed by atoms with van der Waals surface area (Å²) >= 11 is 0. The molecule has 1 aliphatic rings. The van der Waals surface area contributed by atoms with Crippen LogP contribution in [0.2, 0.25) is 0 Å². The van der Waals surface area contributed by atoms with Crippen LogP contribution in [-0.4, -0.2) is 0 Å². The van der Waals surface area contributed by atoms with Crippen molar-refractivity contribution in [3.63, 3.8) is 0 Å². The van der Waals surface area contributed by atoms with Gasteiger partial charge in [-0.1, -0.05) is 152 Å². The number of nitrogens with zero attached hydrogens (tertiary/aromatic N) is 1. The van der Waals surface area contributed by atoms with Crippen molar-refractivity contribution in [2.45, 2.75) is 12.8 Å². The van der Waals surface area contributed by atoms with Crippen LogP contribution in [0.15, 0.2) is 200 Å². The van der Waals surface area contributed by atoms with Crippen LogP contribution in [-0.2, 0) is 0 Å². The van der Waals surface area contributed by atoms with Gasteiger partial charge in [0, 0.05) is 0 Å². The zero-order chi connectivity index (χ0) is 34.7. The Morgan fingerprint density at radius 1 is 0.385 bits per heavy atom. The highest BCUT2D eigenvalue weighted by atomic mass is 16.7. The normalized spacial score (nSPS) is 12.5. The first-order valence-corrected chi connectivity index (χ1v) is 18.0. The van der Waals surface area contributed by atoms with E-state index in [2.05, 4.69) is 194 Å². The number of hydrogen-bond acceptors (Lipinski definition) is 2. The molecular weight excluding hydrogens is 631 g/mol. The quantitative estimate of drug-likeness (QED) is 0.150. The Labute approximate surface area is 305 Å². The topological polar surface area (TPSA) is 12.5 Å². The van der Waals surface area contributed by atoms with E-state index in [-0.39, 0.29) is 0 Å². The maximum Gasteiger partial charge on any atom is 0.156 e. The first kappa shape index (κ1) is 31.3. The van der Waals surface area contributed by atoms with E-state index >= 15 is 0 Å². The molecule has 248 valence electrons. The first-order chi connectivity index (χ1) is 25.7. The summed E-state index contributed by atoms with van der Waals surface area (Å²) in [5.74, 6) is 0.774. The molecule has 0 amide bonds. The van der Waals surface area contributed by atoms with Gasteiger partial charge in [0.2, 0.25) is 0 Å². The predicted molar refractivity (Wildman–Crippen MR) is 220 cm³/mol. The van der Waals surface area contributed by atoms with Gasteiger partial charge < -0.3 is 4.84 Å². The fraction of sp³-hybridized carbons (Fsp3) is 0.0400. The lowest BCUT2D eigenvalue weighted by molar-refractivity contribution is 0.324. The fourth-order valence-corrected chi connectivity index (χ4v) is 7.18. The van der Waals surface area contributed by atoms with Crippen molar-refractivity contribution in [1.29, 1.82) is 0 Å². The molecule has 0 unspecified atom stereocenters. The molecule has 52 heavy (non-hydrogen) atoms. The van der Waals surface area contributed by atoms with Crippen molar-refractivity contribution < 1.29 is 4.84 Å². The van der Waals surface area contributed by atoms with Crippen molar-refractivity contribution in [3.05, 3.63) is 206 Å². The van der Waals surface area contributed by atoms with E-state index in [0.717, 1.165) is 46.5 Å². The third-order valence-electron chi connectivity index (χ3n) is 9.95. The number of fused-ring (bicyclic) bond motifs is 2. The number of anilines is 2. The summed E-state index contributed by atoms with van der Waals surface area (Å²) in [5, 5.41) is 6.73. The zero-order valence-corrected chi connectivity index (χ0v) is 28.8. The van der Waals surface area contributed by atoms with Gasteiger partial charge in [-0.2, -0.15) is 5.06 Å². The van der Waals surface area contributed by atoms with Gasteiger partial charge in [0.1, 0.15) is 0 Å². The molecule has 2 heteroatoms. The summed E-state index contributed by atoms with van der Waals surface area (Å²) in [6.07, 6.45) is 9.07. The van der Waals surface area contributed by atoms with Gasteiger partial charge >= 0.3 is 0 Å². The molecule has 0 radical (unpaired) electrons. The second-order valence-electron chi connectivity index (χ2n) is 13.3. The molecule has 9 rings (SSSR count). The third-order valence-corrected chi connectivity index (χ3v) is 9.95. The van der Waals surface area contributed by atoms with Crippen LogP contribution in [0.3, 0.4) is 0 Å². The van der Waals surface area contributed by atoms with Crippen molar-refractivity contribution in [3.8, 4) is 39.1 Å². The van der Waals surface area contributed by atoms with Gasteiger partial charge in [0.05, 0.1) is 11.4 Å². The number of allylic oxidation sites excluding steroid dienone is 4. The average Bonchev–Trinajstić information content (AvgIpc) is 3.23. The molecule has 0 fully saturated rings. The van der Waals surface area contributed by atoms with Gasteiger partial charge in [-0.05, 0) is 127 Å². The minimum absolute atomic E-state index is 0.774. The summed E-state index contributed by atoms with van der Waals surface area (Å²) in [7, 11) is 0. The lowest BCUT2D eigenvalue weighted by atomic mass is 9.89. The van der Waals surface area contributed by atoms with Crippen molar-refractivity contribution >= 4 is 38.5 Å². The monoisotopic (exact) mass is 667 g/mol. The Morgan fingerprint density at radius 3 is 1.60 bits per heavy atom.